The van der Waals surface area contributed by atoms with E-state index in [-0.39, 0.29) is 0 Å². The van der Waals surface area contributed by atoms with Crippen LogP contribution in [0.4, 0.5) is 0 Å². The van der Waals surface area contributed by atoms with Crippen molar-refractivity contribution in [2.75, 3.05) is 20.1 Å². The highest BCUT2D eigenvalue weighted by Gasteiger charge is 2.03. The largest absolute Gasteiger partial charge is 0.306 e. The zero-order valence-corrected chi connectivity index (χ0v) is 12.3. The van der Waals surface area contributed by atoms with E-state index in [1.807, 2.05) is 0 Å². The standard InChI is InChI=1S/C15H33N/c1-6-14(3)10-8-12-16(5)13-9-11-15(4)7-2/h14-15H,6-13H2,1-5H3. The monoisotopic (exact) mass is 227 g/mol. The summed E-state index contributed by atoms with van der Waals surface area (Å²) in [6.07, 6.45) is 8.19. The van der Waals surface area contributed by atoms with Crippen molar-refractivity contribution >= 4 is 0 Å². The third-order valence-electron chi connectivity index (χ3n) is 3.87. The first kappa shape index (κ1) is 16.0. The maximum Gasteiger partial charge on any atom is -0.00217 e. The molecule has 2 atom stereocenters. The molecule has 1 heteroatoms. The molecule has 0 saturated heterocycles. The van der Waals surface area contributed by atoms with Crippen molar-refractivity contribution in [3.05, 3.63) is 0 Å². The van der Waals surface area contributed by atoms with Crippen LogP contribution in [0.3, 0.4) is 0 Å². The van der Waals surface area contributed by atoms with Crippen molar-refractivity contribution in [1.29, 1.82) is 0 Å². The van der Waals surface area contributed by atoms with Crippen LogP contribution in [0.1, 0.15) is 66.2 Å². The quantitative estimate of drug-likeness (QED) is 0.528. The molecular weight excluding hydrogens is 194 g/mol. The van der Waals surface area contributed by atoms with Crippen molar-refractivity contribution in [1.82, 2.24) is 4.90 Å². The average Bonchev–Trinajstić information content (AvgIpc) is 2.28. The van der Waals surface area contributed by atoms with Gasteiger partial charge in [0.2, 0.25) is 0 Å². The van der Waals surface area contributed by atoms with Gasteiger partial charge in [-0.15, -0.1) is 0 Å². The van der Waals surface area contributed by atoms with Crippen molar-refractivity contribution in [2.24, 2.45) is 11.8 Å². The third-order valence-corrected chi connectivity index (χ3v) is 3.87. The molecular formula is C15H33N. The van der Waals surface area contributed by atoms with Crippen LogP contribution in [0.15, 0.2) is 0 Å². The molecule has 0 fully saturated rings. The van der Waals surface area contributed by atoms with Crippen LogP contribution < -0.4 is 0 Å². The summed E-state index contributed by atoms with van der Waals surface area (Å²) >= 11 is 0. The van der Waals surface area contributed by atoms with Gasteiger partial charge >= 0.3 is 0 Å². The number of nitrogens with zero attached hydrogens (tertiary/aromatic N) is 1. The molecule has 0 aliphatic heterocycles. The molecule has 0 heterocycles. The first-order valence-corrected chi connectivity index (χ1v) is 7.28. The van der Waals surface area contributed by atoms with Crippen LogP contribution in [0.5, 0.6) is 0 Å². The van der Waals surface area contributed by atoms with E-state index in [1.54, 1.807) is 0 Å². The summed E-state index contributed by atoms with van der Waals surface area (Å²) in [5.74, 6) is 1.82. The fourth-order valence-corrected chi connectivity index (χ4v) is 1.94. The normalized spacial score (nSPS) is 15.4. The van der Waals surface area contributed by atoms with E-state index < -0.39 is 0 Å². The molecule has 2 unspecified atom stereocenters. The summed E-state index contributed by atoms with van der Waals surface area (Å²) in [4.78, 5) is 2.50. The summed E-state index contributed by atoms with van der Waals surface area (Å²) in [5, 5.41) is 0. The van der Waals surface area contributed by atoms with Crippen LogP contribution in [0.2, 0.25) is 0 Å². The van der Waals surface area contributed by atoms with Gasteiger partial charge in [-0.1, -0.05) is 40.5 Å². The maximum absolute atomic E-state index is 2.50. The number of rotatable bonds is 10. The second kappa shape index (κ2) is 10.1. The molecule has 0 aromatic heterocycles. The van der Waals surface area contributed by atoms with Gasteiger partial charge in [0, 0.05) is 0 Å². The Labute approximate surface area is 104 Å². The van der Waals surface area contributed by atoms with Gasteiger partial charge in [-0.05, 0) is 57.7 Å². The van der Waals surface area contributed by atoms with Gasteiger partial charge in [-0.2, -0.15) is 0 Å². The van der Waals surface area contributed by atoms with Crippen LogP contribution >= 0.6 is 0 Å². The Morgan fingerprint density at radius 1 is 0.812 bits per heavy atom. The van der Waals surface area contributed by atoms with Gasteiger partial charge in [-0.25, -0.2) is 0 Å². The predicted molar refractivity (Wildman–Crippen MR) is 74.9 cm³/mol. The summed E-state index contributed by atoms with van der Waals surface area (Å²) < 4.78 is 0. The zero-order chi connectivity index (χ0) is 12.4. The van der Waals surface area contributed by atoms with Crippen molar-refractivity contribution < 1.29 is 0 Å². The second-order valence-corrected chi connectivity index (χ2v) is 5.61. The fourth-order valence-electron chi connectivity index (χ4n) is 1.94. The second-order valence-electron chi connectivity index (χ2n) is 5.61. The minimum absolute atomic E-state index is 0.911. The van der Waals surface area contributed by atoms with Crippen molar-refractivity contribution in [3.63, 3.8) is 0 Å². The van der Waals surface area contributed by atoms with Gasteiger partial charge in [0.1, 0.15) is 0 Å². The zero-order valence-electron chi connectivity index (χ0n) is 12.3. The van der Waals surface area contributed by atoms with Gasteiger partial charge < -0.3 is 4.90 Å². The SMILES string of the molecule is CCC(C)CCCN(C)CCCC(C)CC. The van der Waals surface area contributed by atoms with E-state index in [2.05, 4.69) is 39.6 Å². The highest BCUT2D eigenvalue weighted by Crippen LogP contribution is 2.11. The molecule has 0 rings (SSSR count). The Morgan fingerprint density at radius 3 is 1.50 bits per heavy atom. The van der Waals surface area contributed by atoms with Crippen LogP contribution in [-0.4, -0.2) is 25.0 Å². The van der Waals surface area contributed by atoms with E-state index >= 15 is 0 Å². The Bertz CT molecular complexity index is 128. The lowest BCUT2D eigenvalue weighted by molar-refractivity contribution is 0.298. The molecule has 0 aromatic carbocycles. The molecule has 0 aromatic rings. The van der Waals surface area contributed by atoms with Crippen LogP contribution in [0, 0.1) is 11.8 Å². The van der Waals surface area contributed by atoms with E-state index in [0.29, 0.717) is 0 Å². The molecule has 1 nitrogen and oxygen atoms in total. The average molecular weight is 227 g/mol. The van der Waals surface area contributed by atoms with E-state index in [4.69, 9.17) is 0 Å². The lowest BCUT2D eigenvalue weighted by Gasteiger charge is -2.18. The molecule has 0 bridgehead atoms. The van der Waals surface area contributed by atoms with Gasteiger partial charge in [0.25, 0.3) is 0 Å². The summed E-state index contributed by atoms with van der Waals surface area (Å²) in [5.41, 5.74) is 0. The molecule has 0 aliphatic carbocycles. The van der Waals surface area contributed by atoms with E-state index in [1.165, 1.54) is 51.6 Å². The summed E-state index contributed by atoms with van der Waals surface area (Å²) in [7, 11) is 2.27. The molecule has 0 radical (unpaired) electrons. The maximum atomic E-state index is 2.50. The molecule has 16 heavy (non-hydrogen) atoms. The highest BCUT2D eigenvalue weighted by molar-refractivity contribution is 4.57. The number of hydrogen-bond donors (Lipinski definition) is 0. The smallest absolute Gasteiger partial charge is 0.00217 e. The summed E-state index contributed by atoms with van der Waals surface area (Å²) in [6, 6.07) is 0. The van der Waals surface area contributed by atoms with E-state index in [0.717, 1.165) is 11.8 Å². The Balaban J connectivity index is 3.34. The lowest BCUT2D eigenvalue weighted by Crippen LogP contribution is -2.21. The summed E-state index contributed by atoms with van der Waals surface area (Å²) in [6.45, 7) is 11.9. The predicted octanol–water partition coefficient (Wildman–Crippen LogP) is 4.57. The van der Waals surface area contributed by atoms with Gasteiger partial charge in [0.15, 0.2) is 0 Å². The minimum Gasteiger partial charge on any atom is -0.306 e. The molecule has 0 saturated carbocycles. The Kier molecular flexibility index (Phi) is 10.1. The first-order chi connectivity index (χ1) is 7.60. The minimum atomic E-state index is 0.911. The molecule has 0 spiro atoms. The highest BCUT2D eigenvalue weighted by atomic mass is 15.1. The molecule has 0 amide bonds. The Hall–Kier alpha value is -0.0400. The van der Waals surface area contributed by atoms with Gasteiger partial charge in [0.05, 0.1) is 0 Å². The van der Waals surface area contributed by atoms with Crippen molar-refractivity contribution in [2.45, 2.75) is 66.2 Å². The molecule has 0 aliphatic rings. The first-order valence-electron chi connectivity index (χ1n) is 7.28. The van der Waals surface area contributed by atoms with Crippen LogP contribution in [0.25, 0.3) is 0 Å². The van der Waals surface area contributed by atoms with Crippen LogP contribution in [-0.2, 0) is 0 Å². The fraction of sp³-hybridized carbons (Fsp3) is 1.00. The van der Waals surface area contributed by atoms with Gasteiger partial charge in [-0.3, -0.25) is 0 Å². The topological polar surface area (TPSA) is 3.24 Å². The third kappa shape index (κ3) is 9.21. The number of hydrogen-bond acceptors (Lipinski definition) is 1. The molecule has 98 valence electrons. The van der Waals surface area contributed by atoms with Crippen molar-refractivity contribution in [3.8, 4) is 0 Å². The molecule has 0 N–H and O–H groups in total. The van der Waals surface area contributed by atoms with E-state index in [9.17, 15) is 0 Å². The lowest BCUT2D eigenvalue weighted by atomic mass is 10.0. The Morgan fingerprint density at radius 2 is 1.19 bits per heavy atom.